The molecule has 58 valence electrons. The lowest BCUT2D eigenvalue weighted by Gasteiger charge is -2.14. The highest BCUT2D eigenvalue weighted by Gasteiger charge is 2.20. The van der Waals surface area contributed by atoms with Crippen molar-refractivity contribution in [1.29, 1.82) is 0 Å². The second-order valence-electron chi connectivity index (χ2n) is 2.91. The Morgan fingerprint density at radius 2 is 1.90 bits per heavy atom. The minimum atomic E-state index is -0.309. The third kappa shape index (κ3) is 4.03. The van der Waals surface area contributed by atoms with Crippen LogP contribution in [0.15, 0.2) is 4.95 Å². The van der Waals surface area contributed by atoms with Gasteiger partial charge >= 0.3 is 0 Å². The van der Waals surface area contributed by atoms with Crippen LogP contribution in [0, 0.1) is 10.3 Å². The average Bonchev–Trinajstić information content (AvgIpc) is 1.80. The van der Waals surface area contributed by atoms with Crippen molar-refractivity contribution >= 4 is 22.2 Å². The molecule has 0 radical (unpaired) electrons. The number of carbonyl (C=O) groups is 1. The Hall–Kier alpha value is 0.130. The maximum atomic E-state index is 11.0. The molecule has 0 fully saturated rings. The minimum Gasteiger partial charge on any atom is -0.294 e. The zero-order chi connectivity index (χ0) is 8.20. The molecule has 0 aliphatic carbocycles. The van der Waals surface area contributed by atoms with E-state index >= 15 is 0 Å². The summed E-state index contributed by atoms with van der Waals surface area (Å²) in [6, 6.07) is 0. The Morgan fingerprint density at radius 3 is 2.20 bits per heavy atom. The number of carbonyl (C=O) groups excluding carboxylic acids is 1. The molecule has 0 aliphatic heterocycles. The van der Waals surface area contributed by atoms with Gasteiger partial charge in [0.2, 0.25) is 0 Å². The minimum absolute atomic E-state index is 0.0671. The van der Waals surface area contributed by atoms with E-state index in [0.717, 1.165) is 0 Å². The fraction of sp³-hybridized carbons (Fsp3) is 0.800. The first-order valence-electron chi connectivity index (χ1n) is 2.86. The van der Waals surface area contributed by atoms with E-state index in [2.05, 4.69) is 4.95 Å². The Labute approximate surface area is 63.8 Å². The number of hydrogen-bond acceptors (Lipinski definition) is 3. The van der Waals surface area contributed by atoms with Gasteiger partial charge in [0.15, 0.2) is 5.52 Å². The summed E-state index contributed by atoms with van der Waals surface area (Å²) in [5.74, 6) is 0. The van der Waals surface area contributed by atoms with Crippen molar-refractivity contribution in [2.45, 2.75) is 20.8 Å². The number of nitrogens with zero attached hydrogens (tertiary/aromatic N) is 1. The number of hydrogen-bond donors (Lipinski definition) is 0. The van der Waals surface area contributed by atoms with E-state index in [0.29, 0.717) is 0 Å². The summed E-state index contributed by atoms with van der Waals surface area (Å²) in [5.41, 5.74) is -0.179. The Morgan fingerprint density at radius 1 is 1.40 bits per heavy atom. The highest BCUT2D eigenvalue weighted by Crippen LogP contribution is 2.43. The molecule has 2 atom stereocenters. The molecule has 0 aromatic rings. The molecule has 0 amide bonds. The molecule has 3 nitrogen and oxygen atoms in total. The van der Waals surface area contributed by atoms with Crippen LogP contribution in [0.2, 0.25) is 0 Å². The Bertz CT molecular complexity index is 141. The van der Waals surface area contributed by atoms with Gasteiger partial charge in [-0.2, -0.15) is 0 Å². The molecule has 0 saturated heterocycles. The van der Waals surface area contributed by atoms with Crippen molar-refractivity contribution in [2.75, 3.05) is 0 Å². The van der Waals surface area contributed by atoms with E-state index < -0.39 is 0 Å². The van der Waals surface area contributed by atoms with Gasteiger partial charge < -0.3 is 0 Å². The third-order valence-corrected chi connectivity index (χ3v) is 3.37. The van der Waals surface area contributed by atoms with Crippen molar-refractivity contribution in [2.24, 2.45) is 10.4 Å². The quantitative estimate of drug-likeness (QED) is 0.493. The predicted molar refractivity (Wildman–Crippen MR) is 46.9 cm³/mol. The van der Waals surface area contributed by atoms with E-state index in [4.69, 9.17) is 0 Å². The monoisotopic (exact) mass is 179 g/mol. The van der Waals surface area contributed by atoms with Gasteiger partial charge in [-0.05, 0) is 13.2 Å². The van der Waals surface area contributed by atoms with Crippen molar-refractivity contribution < 1.29 is 4.79 Å². The average molecular weight is 179 g/mol. The van der Waals surface area contributed by atoms with Gasteiger partial charge in [0.1, 0.15) is 0 Å². The molecule has 0 spiro atoms. The first kappa shape index (κ1) is 10.1. The first-order valence-corrected chi connectivity index (χ1v) is 5.81. The van der Waals surface area contributed by atoms with Crippen LogP contribution in [0.1, 0.15) is 20.8 Å². The predicted octanol–water partition coefficient (Wildman–Crippen LogP) is 2.51. The summed E-state index contributed by atoms with van der Waals surface area (Å²) in [6.07, 6.45) is 0. The van der Waals surface area contributed by atoms with Crippen molar-refractivity contribution in [3.8, 4) is 0 Å². The topological polar surface area (TPSA) is 46.5 Å². The SMILES string of the molecule is CC(C)(C)C(=O)PPN=O. The van der Waals surface area contributed by atoms with E-state index in [1.807, 2.05) is 20.8 Å². The standard InChI is InChI=1S/C5H11NO2P2/c1-5(2,3)4(7)9-10-6-8/h9-10H,1-3H3. The maximum absolute atomic E-state index is 11.0. The van der Waals surface area contributed by atoms with E-state index in [1.54, 1.807) is 0 Å². The summed E-state index contributed by atoms with van der Waals surface area (Å²) in [6.45, 7) is 5.53. The van der Waals surface area contributed by atoms with Crippen molar-refractivity contribution in [3.05, 3.63) is 4.91 Å². The Kier molecular flexibility index (Phi) is 4.15. The van der Waals surface area contributed by atoms with Crippen LogP contribution in [0.4, 0.5) is 0 Å². The maximum Gasteiger partial charge on any atom is 0.162 e. The van der Waals surface area contributed by atoms with Crippen molar-refractivity contribution in [1.82, 2.24) is 0 Å². The molecule has 10 heavy (non-hydrogen) atoms. The number of nitroso groups, excluding NO2 is 1. The van der Waals surface area contributed by atoms with Gasteiger partial charge in [-0.25, -0.2) is 0 Å². The summed E-state index contributed by atoms with van der Waals surface area (Å²) in [4.78, 5) is 23.4. The van der Waals surface area contributed by atoms with Crippen LogP contribution >= 0.6 is 16.7 Å². The molecule has 0 bridgehead atoms. The van der Waals surface area contributed by atoms with Gasteiger partial charge in [-0.15, -0.1) is 4.91 Å². The summed E-state index contributed by atoms with van der Waals surface area (Å²) < 4.78 is 0. The molecule has 0 heterocycles. The summed E-state index contributed by atoms with van der Waals surface area (Å²) in [5, 5.41) is 0. The molecule has 0 aromatic heterocycles. The largest absolute Gasteiger partial charge is 0.294 e. The molecular weight excluding hydrogens is 168 g/mol. The summed E-state index contributed by atoms with van der Waals surface area (Å²) >= 11 is 0. The zero-order valence-corrected chi connectivity index (χ0v) is 8.26. The van der Waals surface area contributed by atoms with Crippen molar-refractivity contribution in [3.63, 3.8) is 0 Å². The van der Waals surface area contributed by atoms with E-state index in [-0.39, 0.29) is 27.6 Å². The van der Waals surface area contributed by atoms with E-state index in [9.17, 15) is 9.70 Å². The number of rotatable bonds is 3. The van der Waals surface area contributed by atoms with Gasteiger partial charge in [-0.1, -0.05) is 20.8 Å². The lowest BCUT2D eigenvalue weighted by atomic mass is 10.00. The summed E-state index contributed by atoms with van der Waals surface area (Å²) in [7, 11) is -0.0164. The van der Waals surface area contributed by atoms with Gasteiger partial charge in [0.25, 0.3) is 0 Å². The van der Waals surface area contributed by atoms with Gasteiger partial charge in [0.05, 0.1) is 8.42 Å². The fourth-order valence-electron chi connectivity index (χ4n) is 0.261. The van der Waals surface area contributed by atoms with Crippen LogP contribution in [0.3, 0.4) is 0 Å². The fourth-order valence-corrected chi connectivity index (χ4v) is 2.35. The molecule has 0 rings (SSSR count). The van der Waals surface area contributed by atoms with Crippen LogP contribution in [-0.4, -0.2) is 5.52 Å². The lowest BCUT2D eigenvalue weighted by Crippen LogP contribution is -2.13. The zero-order valence-electron chi connectivity index (χ0n) is 6.26. The van der Waals surface area contributed by atoms with Crippen LogP contribution in [0.5, 0.6) is 0 Å². The highest BCUT2D eigenvalue weighted by atomic mass is 32.0. The second kappa shape index (κ2) is 4.10. The van der Waals surface area contributed by atoms with Gasteiger partial charge in [-0.3, -0.25) is 4.79 Å². The molecule has 0 saturated carbocycles. The first-order chi connectivity index (χ1) is 4.48. The smallest absolute Gasteiger partial charge is 0.162 e. The van der Waals surface area contributed by atoms with E-state index in [1.165, 1.54) is 0 Å². The molecule has 2 unspecified atom stereocenters. The van der Waals surface area contributed by atoms with Crippen LogP contribution in [0.25, 0.3) is 0 Å². The third-order valence-electron chi connectivity index (χ3n) is 0.896. The molecule has 0 aromatic carbocycles. The van der Waals surface area contributed by atoms with Crippen LogP contribution < -0.4 is 0 Å². The molecular formula is C5H11NO2P2. The normalized spacial score (nSPS) is 13.5. The molecule has 0 aliphatic rings. The van der Waals surface area contributed by atoms with Gasteiger partial charge in [0, 0.05) is 5.41 Å². The molecule has 5 heteroatoms. The highest BCUT2D eigenvalue weighted by molar-refractivity contribution is 8.18. The lowest BCUT2D eigenvalue weighted by molar-refractivity contribution is -0.117. The second-order valence-corrected chi connectivity index (χ2v) is 5.44. The molecule has 0 N–H and O–H groups in total. The Balaban J connectivity index is 3.74. The van der Waals surface area contributed by atoms with Crippen LogP contribution in [-0.2, 0) is 4.79 Å².